The molecule has 51 heavy (non-hydrogen) atoms. The van der Waals surface area contributed by atoms with Crippen LogP contribution in [-0.2, 0) is 12.8 Å². The molecule has 262 valence electrons. The average Bonchev–Trinajstić information content (AvgIpc) is 3.61. The first-order valence-electron chi connectivity index (χ1n) is 18.2. The summed E-state index contributed by atoms with van der Waals surface area (Å²) in [5.41, 5.74) is 8.46. The van der Waals surface area contributed by atoms with Crippen LogP contribution in [0.3, 0.4) is 0 Å². The van der Waals surface area contributed by atoms with Gasteiger partial charge in [-0.1, -0.05) is 103 Å². The lowest BCUT2D eigenvalue weighted by Crippen LogP contribution is -2.34. The van der Waals surface area contributed by atoms with Crippen molar-refractivity contribution in [3.8, 4) is 0 Å². The lowest BCUT2D eigenvalue weighted by Gasteiger charge is -2.21. The molecule has 2 aliphatic rings. The first kappa shape index (κ1) is 35.4. The molecule has 7 rings (SSSR count). The van der Waals surface area contributed by atoms with Crippen LogP contribution in [0.4, 0.5) is 5.69 Å². The quantitative estimate of drug-likeness (QED) is 0.0546. The maximum atomic E-state index is 6.25. The minimum atomic E-state index is 0.101. The Balaban J connectivity index is 0.969. The minimum absolute atomic E-state index is 0.101. The van der Waals surface area contributed by atoms with Gasteiger partial charge in [0.05, 0.1) is 17.8 Å². The number of benzene rings is 4. The summed E-state index contributed by atoms with van der Waals surface area (Å²) in [5, 5.41) is 13.7. The largest absolute Gasteiger partial charge is 0.384 e. The molecule has 1 aliphatic carbocycles. The van der Waals surface area contributed by atoms with Crippen molar-refractivity contribution in [3.05, 3.63) is 136 Å². The van der Waals surface area contributed by atoms with Crippen LogP contribution in [0.1, 0.15) is 73.2 Å². The van der Waals surface area contributed by atoms with Crippen LogP contribution in [-0.4, -0.2) is 41.3 Å². The van der Waals surface area contributed by atoms with Crippen molar-refractivity contribution in [2.45, 2.75) is 68.6 Å². The molecule has 0 saturated heterocycles. The smallest absolute Gasteiger partial charge is 0.225 e. The fraction of sp³-hybridized carbons (Fsp3) is 0.310. The Bertz CT molecular complexity index is 1960. The molecule has 9 heteroatoms. The minimum Gasteiger partial charge on any atom is -0.384 e. The zero-order chi connectivity index (χ0) is 34.8. The fourth-order valence-electron chi connectivity index (χ4n) is 6.98. The highest BCUT2D eigenvalue weighted by molar-refractivity contribution is 7.98. The molecule has 1 aromatic heterocycles. The second-order valence-corrected chi connectivity index (χ2v) is 15.0. The topological polar surface area (TPSA) is 64.9 Å². The zero-order valence-electron chi connectivity index (χ0n) is 28.8. The third-order valence-corrected chi connectivity index (χ3v) is 10.9. The Morgan fingerprint density at radius 1 is 0.784 bits per heavy atom. The number of halogens is 2. The number of nitrogens with one attached hydrogen (secondary N) is 2. The SMILES string of the molecule is Clc1ccc(SNC(=NCCCCCCCNc2c3c(nc4ccccc24)CCCC3)N2CC(c3ccccc3)C(c3ccc(Cl)cc3)=N2)cc1. The third-order valence-electron chi connectivity index (χ3n) is 9.64. The van der Waals surface area contributed by atoms with Crippen molar-refractivity contribution >= 4 is 63.4 Å². The van der Waals surface area contributed by atoms with Gasteiger partial charge in [-0.05, 0) is 110 Å². The first-order chi connectivity index (χ1) is 25.1. The van der Waals surface area contributed by atoms with Crippen molar-refractivity contribution in [2.24, 2.45) is 10.1 Å². The Labute approximate surface area is 315 Å². The molecule has 2 heterocycles. The summed E-state index contributed by atoms with van der Waals surface area (Å²) in [4.78, 5) is 11.1. The molecule has 2 N–H and O–H groups in total. The number of aliphatic imine (C=N–C) groups is 1. The van der Waals surface area contributed by atoms with Crippen molar-refractivity contribution in [2.75, 3.05) is 25.0 Å². The monoisotopic (exact) mass is 734 g/mol. The highest BCUT2D eigenvalue weighted by atomic mass is 35.5. The molecule has 1 unspecified atom stereocenters. The number of para-hydroxylation sites is 1. The number of fused-ring (bicyclic) bond motifs is 2. The van der Waals surface area contributed by atoms with Crippen LogP contribution in [0.5, 0.6) is 0 Å². The average molecular weight is 736 g/mol. The van der Waals surface area contributed by atoms with Crippen molar-refractivity contribution in [3.63, 3.8) is 0 Å². The van der Waals surface area contributed by atoms with Gasteiger partial charge in [-0.3, -0.25) is 14.7 Å². The van der Waals surface area contributed by atoms with E-state index in [9.17, 15) is 0 Å². The molecule has 0 amide bonds. The summed E-state index contributed by atoms with van der Waals surface area (Å²) in [6.07, 6.45) is 10.4. The van der Waals surface area contributed by atoms with Gasteiger partial charge in [0.1, 0.15) is 0 Å². The number of guanidine groups is 1. The Kier molecular flexibility index (Phi) is 12.1. The predicted octanol–water partition coefficient (Wildman–Crippen LogP) is 10.9. The number of unbranched alkanes of at least 4 members (excludes halogenated alkanes) is 4. The summed E-state index contributed by atoms with van der Waals surface area (Å²) in [6.45, 7) is 2.41. The van der Waals surface area contributed by atoms with E-state index in [0.717, 1.165) is 77.9 Å². The van der Waals surface area contributed by atoms with Crippen LogP contribution in [0.25, 0.3) is 10.9 Å². The van der Waals surface area contributed by atoms with Crippen molar-refractivity contribution in [1.29, 1.82) is 0 Å². The molecule has 0 radical (unpaired) electrons. The van der Waals surface area contributed by atoms with Crippen LogP contribution in [0.15, 0.2) is 118 Å². The number of hydrazone groups is 1. The Morgan fingerprint density at radius 3 is 2.31 bits per heavy atom. The summed E-state index contributed by atoms with van der Waals surface area (Å²) < 4.78 is 3.53. The first-order valence-corrected chi connectivity index (χ1v) is 19.7. The van der Waals surface area contributed by atoms with Gasteiger partial charge in [0.2, 0.25) is 5.96 Å². The van der Waals surface area contributed by atoms with Gasteiger partial charge in [-0.15, -0.1) is 0 Å². The van der Waals surface area contributed by atoms with Gasteiger partial charge in [0.15, 0.2) is 0 Å². The maximum Gasteiger partial charge on any atom is 0.225 e. The number of anilines is 1. The van der Waals surface area contributed by atoms with Crippen molar-refractivity contribution < 1.29 is 0 Å². The van der Waals surface area contributed by atoms with Crippen molar-refractivity contribution in [1.82, 2.24) is 14.7 Å². The van der Waals surface area contributed by atoms with E-state index in [1.807, 2.05) is 41.4 Å². The van der Waals surface area contributed by atoms with Gasteiger partial charge in [-0.2, -0.15) is 5.10 Å². The van der Waals surface area contributed by atoms with E-state index in [1.54, 1.807) is 0 Å². The molecule has 0 saturated carbocycles. The standard InChI is InChI=1S/C42H44Cl2N6S/c43-32-21-19-31(20-22-32)40-37(30-13-5-4-6-14-30)29-50(48-40)42(49-51-34-25-23-33(44)24-26-34)46-28-12-3-1-2-11-27-45-41-35-15-7-9-17-38(35)47-39-18-10-8-16-36(39)41/h4-7,9,13-15,17,19-26,37H,1-3,8,10-12,16,18,27-29H2,(H,45,47)(H,46,49). The van der Waals surface area contributed by atoms with Gasteiger partial charge in [-0.25, -0.2) is 5.01 Å². The Morgan fingerprint density at radius 2 is 1.49 bits per heavy atom. The Hall–Kier alpha value is -4.04. The molecule has 4 aromatic carbocycles. The molecule has 1 aliphatic heterocycles. The molecule has 1 atom stereocenters. The van der Waals surface area contributed by atoms with E-state index in [4.69, 9.17) is 38.3 Å². The molecule has 0 fully saturated rings. The van der Waals surface area contributed by atoms with E-state index in [2.05, 4.69) is 76.8 Å². The summed E-state index contributed by atoms with van der Waals surface area (Å²) >= 11 is 13.9. The van der Waals surface area contributed by atoms with E-state index in [-0.39, 0.29) is 5.92 Å². The van der Waals surface area contributed by atoms with E-state index >= 15 is 0 Å². The highest BCUT2D eigenvalue weighted by Gasteiger charge is 2.31. The van der Waals surface area contributed by atoms with Gasteiger partial charge in [0, 0.05) is 50.7 Å². The van der Waals surface area contributed by atoms with E-state index < -0.39 is 0 Å². The van der Waals surface area contributed by atoms with Gasteiger partial charge in [0.25, 0.3) is 0 Å². The third kappa shape index (κ3) is 9.07. The molecule has 6 nitrogen and oxygen atoms in total. The molecule has 0 bridgehead atoms. The number of hydrogen-bond donors (Lipinski definition) is 2. The second-order valence-electron chi connectivity index (χ2n) is 13.2. The van der Waals surface area contributed by atoms with Gasteiger partial charge >= 0.3 is 0 Å². The van der Waals surface area contributed by atoms with Crippen LogP contribution < -0.4 is 10.0 Å². The molecular formula is C42H44Cl2N6S. The number of nitrogens with zero attached hydrogens (tertiary/aromatic N) is 4. The number of hydrogen-bond acceptors (Lipinski definition) is 5. The predicted molar refractivity (Wildman–Crippen MR) is 217 cm³/mol. The summed E-state index contributed by atoms with van der Waals surface area (Å²) in [5.74, 6) is 0.862. The zero-order valence-corrected chi connectivity index (χ0v) is 31.2. The normalized spacial score (nSPS) is 15.9. The maximum absolute atomic E-state index is 6.25. The lowest BCUT2D eigenvalue weighted by atomic mass is 9.91. The van der Waals surface area contributed by atoms with E-state index in [1.165, 1.54) is 65.5 Å². The van der Waals surface area contributed by atoms with Gasteiger partial charge < -0.3 is 5.32 Å². The summed E-state index contributed by atoms with van der Waals surface area (Å²) in [7, 11) is 0. The highest BCUT2D eigenvalue weighted by Crippen LogP contribution is 2.34. The molecule has 5 aromatic rings. The van der Waals surface area contributed by atoms with Crippen LogP contribution >= 0.6 is 35.1 Å². The molecule has 0 spiro atoms. The molecular weight excluding hydrogens is 691 g/mol. The fourth-order valence-corrected chi connectivity index (χ4v) is 7.88. The van der Waals surface area contributed by atoms with Crippen LogP contribution in [0.2, 0.25) is 10.0 Å². The number of aryl methyl sites for hydroxylation is 1. The number of aromatic nitrogens is 1. The van der Waals surface area contributed by atoms with E-state index in [0.29, 0.717) is 11.6 Å². The van der Waals surface area contributed by atoms with Crippen LogP contribution in [0, 0.1) is 0 Å². The number of rotatable bonds is 13. The second kappa shape index (κ2) is 17.5. The lowest BCUT2D eigenvalue weighted by molar-refractivity contribution is 0.463. The number of pyridine rings is 1. The summed E-state index contributed by atoms with van der Waals surface area (Å²) in [6, 6.07) is 35.0.